The molecule has 1 aliphatic heterocycles. The lowest BCUT2D eigenvalue weighted by molar-refractivity contribution is 1.18. The van der Waals surface area contributed by atoms with Crippen molar-refractivity contribution in [3.05, 3.63) is 234 Å². The monoisotopic (exact) mass is 900 g/mol. The van der Waals surface area contributed by atoms with Gasteiger partial charge in [-0.2, -0.15) is 21.0 Å². The lowest BCUT2D eigenvalue weighted by atomic mass is 10.0. The molecule has 0 amide bonds. The van der Waals surface area contributed by atoms with E-state index < -0.39 is 0 Å². The summed E-state index contributed by atoms with van der Waals surface area (Å²) in [6.07, 6.45) is 0. The molecule has 0 spiro atoms. The Bertz CT molecular complexity index is 3030. The molecule has 4 aromatic carbocycles. The third-order valence-corrected chi connectivity index (χ3v) is 13.4. The second-order valence-electron chi connectivity index (χ2n) is 15.0. The Balaban J connectivity index is 1.39. The van der Waals surface area contributed by atoms with E-state index in [2.05, 4.69) is 163 Å². The highest BCUT2D eigenvalue weighted by Crippen LogP contribution is 2.30. The van der Waals surface area contributed by atoms with Gasteiger partial charge in [0, 0.05) is 89.5 Å². The highest BCUT2D eigenvalue weighted by atomic mass is 32.2. The average molecular weight is 901 g/mol. The minimum atomic E-state index is 0.562. The zero-order valence-corrected chi connectivity index (χ0v) is 37.4. The number of aromatic nitrogens is 4. The largest absolute Gasteiger partial charge is 0.354 e. The van der Waals surface area contributed by atoms with Gasteiger partial charge in [0.2, 0.25) is 0 Å². The van der Waals surface area contributed by atoms with E-state index in [1.54, 1.807) is 0 Å². The van der Waals surface area contributed by atoms with Crippen LogP contribution in [0.25, 0.3) is 22.3 Å². The van der Waals surface area contributed by atoms with Crippen molar-refractivity contribution in [1.82, 2.24) is 19.9 Å². The van der Waals surface area contributed by atoms with Gasteiger partial charge < -0.3 is 19.9 Å². The summed E-state index contributed by atoms with van der Waals surface area (Å²) in [5.41, 5.74) is 15.6. The SMILES string of the molecule is N#CSCc1cccc(C2=c3ccc([nH]3)=C(c3cccc(CSC#N)c3)c3ccc([nH]3)C(c3cccc(CSC#N)c3)=c3ccc([nH]3)=C(c3cccc(CSC#N)c3)c3ccc2[nH]3)c1. The highest BCUT2D eigenvalue weighted by molar-refractivity contribution is 8.03. The van der Waals surface area contributed by atoms with Gasteiger partial charge in [-0.3, -0.25) is 0 Å². The molecule has 64 heavy (non-hydrogen) atoms. The van der Waals surface area contributed by atoms with Gasteiger partial charge in [0.1, 0.15) is 21.6 Å². The minimum Gasteiger partial charge on any atom is -0.354 e. The fourth-order valence-electron chi connectivity index (χ4n) is 8.30. The number of nitriles is 4. The summed E-state index contributed by atoms with van der Waals surface area (Å²) in [6, 6.07) is 50.4. The molecule has 308 valence electrons. The Morgan fingerprint density at radius 3 is 0.797 bits per heavy atom. The molecular weight excluding hydrogens is 865 g/mol. The van der Waals surface area contributed by atoms with Gasteiger partial charge in [-0.15, -0.1) is 0 Å². The molecule has 0 aliphatic carbocycles. The van der Waals surface area contributed by atoms with Crippen molar-refractivity contribution in [2.45, 2.75) is 23.0 Å². The summed E-state index contributed by atoms with van der Waals surface area (Å²) in [4.78, 5) is 15.4. The van der Waals surface area contributed by atoms with Crippen molar-refractivity contribution in [2.75, 3.05) is 0 Å². The van der Waals surface area contributed by atoms with E-state index >= 15 is 0 Å². The van der Waals surface area contributed by atoms with Gasteiger partial charge >= 0.3 is 0 Å². The molecule has 8 aromatic rings. The van der Waals surface area contributed by atoms with Crippen molar-refractivity contribution in [2.24, 2.45) is 0 Å². The van der Waals surface area contributed by atoms with Crippen LogP contribution in [0.4, 0.5) is 0 Å². The quantitative estimate of drug-likeness (QED) is 0.0885. The van der Waals surface area contributed by atoms with E-state index in [4.69, 9.17) is 0 Å². The van der Waals surface area contributed by atoms with E-state index in [9.17, 15) is 21.0 Å². The molecule has 4 N–H and O–H groups in total. The van der Waals surface area contributed by atoms with Gasteiger partial charge in [-0.05, 0) is 140 Å². The molecule has 0 unspecified atom stereocenters. The molecular formula is C52H36N8S4. The summed E-state index contributed by atoms with van der Waals surface area (Å²) < 4.78 is 0. The first-order valence-electron chi connectivity index (χ1n) is 20.2. The smallest absolute Gasteiger partial charge is 0.133 e. The molecule has 0 atom stereocenters. The van der Waals surface area contributed by atoms with Crippen LogP contribution < -0.4 is 21.4 Å². The molecule has 1 aliphatic rings. The van der Waals surface area contributed by atoms with Gasteiger partial charge in [-0.1, -0.05) is 97.1 Å². The van der Waals surface area contributed by atoms with Crippen molar-refractivity contribution in [1.29, 1.82) is 21.0 Å². The first-order valence-corrected chi connectivity index (χ1v) is 24.2. The number of rotatable bonds is 12. The van der Waals surface area contributed by atoms with Crippen LogP contribution in [0.3, 0.4) is 0 Å². The molecule has 8 nitrogen and oxygen atoms in total. The molecule has 0 saturated heterocycles. The van der Waals surface area contributed by atoms with Gasteiger partial charge in [0.15, 0.2) is 0 Å². The molecule has 4 aromatic heterocycles. The average Bonchev–Trinajstić information content (AvgIpc) is 4.18. The van der Waals surface area contributed by atoms with E-state index in [0.717, 1.165) is 111 Å². The number of thioether (sulfide) groups is 4. The van der Waals surface area contributed by atoms with Crippen molar-refractivity contribution in [3.63, 3.8) is 0 Å². The van der Waals surface area contributed by atoms with Crippen LogP contribution in [0.5, 0.6) is 0 Å². The summed E-state index contributed by atoms with van der Waals surface area (Å²) in [5, 5.41) is 50.1. The van der Waals surface area contributed by atoms with Crippen molar-refractivity contribution < 1.29 is 0 Å². The van der Waals surface area contributed by atoms with Crippen LogP contribution in [-0.2, 0) is 23.0 Å². The number of hydrogen-bond acceptors (Lipinski definition) is 8. The van der Waals surface area contributed by atoms with Crippen LogP contribution in [0.15, 0.2) is 146 Å². The molecule has 5 heterocycles. The maximum Gasteiger partial charge on any atom is 0.133 e. The lowest BCUT2D eigenvalue weighted by Crippen LogP contribution is -2.19. The Hall–Kier alpha value is -7.16. The zero-order chi connectivity index (χ0) is 43.8. The van der Waals surface area contributed by atoms with Gasteiger partial charge in [0.05, 0.1) is 0 Å². The molecule has 0 fully saturated rings. The van der Waals surface area contributed by atoms with Gasteiger partial charge in [-0.25, -0.2) is 0 Å². The molecule has 9 rings (SSSR count). The predicted molar refractivity (Wildman–Crippen MR) is 262 cm³/mol. The molecule has 12 heteroatoms. The van der Waals surface area contributed by atoms with Crippen molar-refractivity contribution >= 4 is 69.3 Å². The van der Waals surface area contributed by atoms with Crippen LogP contribution in [0.2, 0.25) is 0 Å². The summed E-state index contributed by atoms with van der Waals surface area (Å²) in [7, 11) is 0. The van der Waals surface area contributed by atoms with Crippen LogP contribution in [-0.4, -0.2) is 19.9 Å². The number of aromatic amines is 4. The molecule has 0 saturated carbocycles. The van der Waals surface area contributed by atoms with E-state index in [1.165, 1.54) is 47.0 Å². The maximum atomic E-state index is 9.41. The predicted octanol–water partition coefficient (Wildman–Crippen LogP) is 9.16. The fourth-order valence-corrected chi connectivity index (χ4v) is 9.94. The number of H-pyrrole nitrogens is 4. The number of thiocyanates is 4. The van der Waals surface area contributed by atoms with E-state index in [0.29, 0.717) is 23.0 Å². The Labute approximate surface area is 386 Å². The standard InChI is InChI=1S/C52H36N8S4/c53-29-61-25-33-5-1-9-37(21-33)49-41-13-15-43(57-41)50(38-10-2-6-34(22-38)26-62-30-54)45-17-19-47(59-45)52(40-12-4-8-36(24-40)28-64-32-56)48-20-18-46(60-48)51(44-16-14-42(49)58-44)39-11-3-7-35(23-39)27-63-31-55/h1-24,57-60H,25-28H2. The first-order chi connectivity index (χ1) is 31.5. The second kappa shape index (κ2) is 19.5. The minimum absolute atomic E-state index is 0.562. The highest BCUT2D eigenvalue weighted by Gasteiger charge is 2.19. The fraction of sp³-hybridized carbons (Fsp3) is 0.0769. The Kier molecular flexibility index (Phi) is 12.8. The number of nitrogens with one attached hydrogen (secondary N) is 4. The van der Waals surface area contributed by atoms with E-state index in [1.807, 2.05) is 24.3 Å². The lowest BCUT2D eigenvalue weighted by Gasteiger charge is -2.11. The van der Waals surface area contributed by atoms with E-state index in [-0.39, 0.29) is 0 Å². The Morgan fingerprint density at radius 1 is 0.312 bits per heavy atom. The molecule has 0 radical (unpaired) electrons. The van der Waals surface area contributed by atoms with Gasteiger partial charge in [0.25, 0.3) is 0 Å². The van der Waals surface area contributed by atoms with Crippen molar-refractivity contribution in [3.8, 4) is 21.6 Å². The summed E-state index contributed by atoms with van der Waals surface area (Å²) >= 11 is 4.86. The number of fused-ring (bicyclic) bond motifs is 8. The third-order valence-electron chi connectivity index (χ3n) is 11.0. The number of hydrogen-bond donors (Lipinski definition) is 4. The first kappa shape index (κ1) is 42.2. The van der Waals surface area contributed by atoms with Crippen LogP contribution in [0.1, 0.15) is 67.3 Å². The number of nitrogens with zero attached hydrogens (tertiary/aromatic N) is 4. The Morgan fingerprint density at radius 2 is 0.562 bits per heavy atom. The number of benzene rings is 4. The topological polar surface area (TPSA) is 158 Å². The third kappa shape index (κ3) is 9.01. The normalized spacial score (nSPS) is 12.1. The molecule has 8 bridgehead atoms. The zero-order valence-electron chi connectivity index (χ0n) is 34.1. The van der Waals surface area contributed by atoms with Crippen LogP contribution >= 0.6 is 47.0 Å². The maximum absolute atomic E-state index is 9.41. The second-order valence-corrected chi connectivity index (χ2v) is 18.0. The van der Waals surface area contributed by atoms with Crippen LogP contribution in [0, 0.1) is 42.7 Å². The summed E-state index contributed by atoms with van der Waals surface area (Å²) in [5.74, 6) is 2.25. The summed E-state index contributed by atoms with van der Waals surface area (Å²) in [6.45, 7) is 0.